The molecule has 1 aromatic carbocycles. The van der Waals surface area contributed by atoms with Crippen LogP contribution in [0.1, 0.15) is 33.3 Å². The predicted molar refractivity (Wildman–Crippen MR) is 63.9 cm³/mol. The summed E-state index contributed by atoms with van der Waals surface area (Å²) in [4.78, 5) is 0. The molecule has 0 radical (unpaired) electrons. The van der Waals surface area contributed by atoms with Gasteiger partial charge in [0, 0.05) is 5.71 Å². The van der Waals surface area contributed by atoms with Gasteiger partial charge in [0.2, 0.25) is 0 Å². The molecule has 2 heteroatoms. The Hall–Kier alpha value is -1.31. The number of benzene rings is 1. The second kappa shape index (κ2) is 4.47. The maximum absolute atomic E-state index is 7.47. The lowest BCUT2D eigenvalue weighted by Gasteiger charge is -2.18. The van der Waals surface area contributed by atoms with Crippen LogP contribution >= 0.6 is 0 Å². The van der Waals surface area contributed by atoms with Crippen LogP contribution in [0.3, 0.4) is 0 Å². The molecule has 0 amide bonds. The second-order valence-electron chi connectivity index (χ2n) is 5.00. The fourth-order valence-corrected chi connectivity index (χ4v) is 1.10. The van der Waals surface area contributed by atoms with Crippen LogP contribution in [0.5, 0.6) is 5.75 Å². The van der Waals surface area contributed by atoms with E-state index in [1.54, 1.807) is 6.92 Å². The number of nitrogens with one attached hydrogen (secondary N) is 1. The first kappa shape index (κ1) is 11.8. The van der Waals surface area contributed by atoms with Crippen molar-refractivity contribution in [2.75, 3.05) is 6.61 Å². The van der Waals surface area contributed by atoms with E-state index in [1.165, 1.54) is 0 Å². The van der Waals surface area contributed by atoms with E-state index in [1.807, 2.05) is 24.3 Å². The topological polar surface area (TPSA) is 33.1 Å². The van der Waals surface area contributed by atoms with Gasteiger partial charge in [0.15, 0.2) is 0 Å². The summed E-state index contributed by atoms with van der Waals surface area (Å²) in [5.74, 6) is 0.870. The molecule has 15 heavy (non-hydrogen) atoms. The zero-order valence-electron chi connectivity index (χ0n) is 9.92. The van der Waals surface area contributed by atoms with Gasteiger partial charge in [-0.1, -0.05) is 20.8 Å². The first-order valence-corrected chi connectivity index (χ1v) is 5.17. The molecule has 0 aliphatic rings. The standard InChI is InChI=1S/C13H19NO/c1-10(14)11-5-7-12(8-6-11)15-9-13(2,3)4/h5-8,14H,9H2,1-4H3. The summed E-state index contributed by atoms with van der Waals surface area (Å²) < 4.78 is 5.63. The number of ether oxygens (including phenoxy) is 1. The van der Waals surface area contributed by atoms with Gasteiger partial charge in [-0.25, -0.2) is 0 Å². The molecule has 82 valence electrons. The molecule has 0 heterocycles. The smallest absolute Gasteiger partial charge is 0.119 e. The fourth-order valence-electron chi connectivity index (χ4n) is 1.10. The van der Waals surface area contributed by atoms with E-state index >= 15 is 0 Å². The SMILES string of the molecule is CC(=N)c1ccc(OCC(C)(C)C)cc1. The van der Waals surface area contributed by atoms with Crippen molar-refractivity contribution in [1.29, 1.82) is 5.41 Å². The molecule has 1 rings (SSSR count). The Balaban J connectivity index is 2.61. The average molecular weight is 205 g/mol. The Morgan fingerprint density at radius 3 is 2.13 bits per heavy atom. The molecule has 0 aliphatic heterocycles. The summed E-state index contributed by atoms with van der Waals surface area (Å²) in [6.45, 7) is 8.91. The highest BCUT2D eigenvalue weighted by Crippen LogP contribution is 2.18. The molecule has 0 fully saturated rings. The highest BCUT2D eigenvalue weighted by molar-refractivity contribution is 5.96. The van der Waals surface area contributed by atoms with E-state index in [0.717, 1.165) is 11.3 Å². The molecular weight excluding hydrogens is 186 g/mol. The van der Waals surface area contributed by atoms with Crippen molar-refractivity contribution in [1.82, 2.24) is 0 Å². The van der Waals surface area contributed by atoms with Crippen molar-refractivity contribution in [2.45, 2.75) is 27.7 Å². The minimum Gasteiger partial charge on any atom is -0.493 e. The Bertz CT molecular complexity index is 333. The van der Waals surface area contributed by atoms with E-state index in [4.69, 9.17) is 10.1 Å². The van der Waals surface area contributed by atoms with Crippen LogP contribution in [0.25, 0.3) is 0 Å². The first-order valence-electron chi connectivity index (χ1n) is 5.17. The fraction of sp³-hybridized carbons (Fsp3) is 0.462. The molecule has 1 aromatic rings. The molecule has 0 bridgehead atoms. The molecule has 0 spiro atoms. The summed E-state index contributed by atoms with van der Waals surface area (Å²) in [6.07, 6.45) is 0. The monoisotopic (exact) mass is 205 g/mol. The van der Waals surface area contributed by atoms with Crippen LogP contribution in [0.2, 0.25) is 0 Å². The molecule has 0 unspecified atom stereocenters. The minimum atomic E-state index is 0.177. The third kappa shape index (κ3) is 4.15. The summed E-state index contributed by atoms with van der Waals surface area (Å²) in [6, 6.07) is 7.67. The number of rotatable bonds is 3. The van der Waals surface area contributed by atoms with E-state index in [0.29, 0.717) is 12.3 Å². The molecule has 0 saturated carbocycles. The molecule has 1 N–H and O–H groups in total. The van der Waals surface area contributed by atoms with Crippen molar-refractivity contribution in [2.24, 2.45) is 5.41 Å². The van der Waals surface area contributed by atoms with Crippen molar-refractivity contribution in [3.8, 4) is 5.75 Å². The Kier molecular flexibility index (Phi) is 3.51. The summed E-state index contributed by atoms with van der Waals surface area (Å²) in [5, 5.41) is 7.47. The minimum absolute atomic E-state index is 0.177. The third-order valence-corrected chi connectivity index (χ3v) is 1.96. The van der Waals surface area contributed by atoms with E-state index in [-0.39, 0.29) is 5.41 Å². The summed E-state index contributed by atoms with van der Waals surface area (Å²) in [5.41, 5.74) is 1.70. The number of hydrogen-bond acceptors (Lipinski definition) is 2. The average Bonchev–Trinajstić information content (AvgIpc) is 2.14. The van der Waals surface area contributed by atoms with Gasteiger partial charge in [-0.2, -0.15) is 0 Å². The third-order valence-electron chi connectivity index (χ3n) is 1.96. The van der Waals surface area contributed by atoms with Crippen molar-refractivity contribution in [3.05, 3.63) is 29.8 Å². The highest BCUT2D eigenvalue weighted by atomic mass is 16.5. The molecule has 0 aromatic heterocycles. The molecular formula is C13H19NO. The van der Waals surface area contributed by atoms with Gasteiger partial charge < -0.3 is 10.1 Å². The molecule has 0 saturated heterocycles. The second-order valence-corrected chi connectivity index (χ2v) is 5.00. The van der Waals surface area contributed by atoms with Crippen LogP contribution < -0.4 is 4.74 Å². The van der Waals surface area contributed by atoms with E-state index in [9.17, 15) is 0 Å². The Labute approximate surface area is 91.8 Å². The summed E-state index contributed by atoms with van der Waals surface area (Å²) >= 11 is 0. The van der Waals surface area contributed by atoms with Crippen molar-refractivity contribution < 1.29 is 4.74 Å². The lowest BCUT2D eigenvalue weighted by Crippen LogP contribution is -2.16. The lowest BCUT2D eigenvalue weighted by molar-refractivity contribution is 0.198. The van der Waals surface area contributed by atoms with Crippen LogP contribution in [-0.4, -0.2) is 12.3 Å². The first-order chi connectivity index (χ1) is 6.88. The van der Waals surface area contributed by atoms with E-state index < -0.39 is 0 Å². The summed E-state index contributed by atoms with van der Waals surface area (Å²) in [7, 11) is 0. The highest BCUT2D eigenvalue weighted by Gasteiger charge is 2.10. The molecule has 0 atom stereocenters. The van der Waals surface area contributed by atoms with Crippen molar-refractivity contribution in [3.63, 3.8) is 0 Å². The molecule has 2 nitrogen and oxygen atoms in total. The largest absolute Gasteiger partial charge is 0.493 e. The number of hydrogen-bond donors (Lipinski definition) is 1. The van der Waals surface area contributed by atoms with Gasteiger partial charge in [-0.15, -0.1) is 0 Å². The van der Waals surface area contributed by atoms with Crippen LogP contribution in [-0.2, 0) is 0 Å². The maximum atomic E-state index is 7.47. The van der Waals surface area contributed by atoms with Gasteiger partial charge in [-0.3, -0.25) is 0 Å². The maximum Gasteiger partial charge on any atom is 0.119 e. The Morgan fingerprint density at radius 1 is 1.20 bits per heavy atom. The lowest BCUT2D eigenvalue weighted by atomic mass is 9.99. The van der Waals surface area contributed by atoms with Crippen LogP contribution in [0.15, 0.2) is 24.3 Å². The van der Waals surface area contributed by atoms with Gasteiger partial charge >= 0.3 is 0 Å². The quantitative estimate of drug-likeness (QED) is 0.753. The van der Waals surface area contributed by atoms with Crippen LogP contribution in [0.4, 0.5) is 0 Å². The zero-order chi connectivity index (χ0) is 11.5. The van der Waals surface area contributed by atoms with Crippen molar-refractivity contribution >= 4 is 5.71 Å². The molecule has 0 aliphatic carbocycles. The van der Waals surface area contributed by atoms with E-state index in [2.05, 4.69) is 20.8 Å². The van der Waals surface area contributed by atoms with Gasteiger partial charge in [0.1, 0.15) is 5.75 Å². The zero-order valence-corrected chi connectivity index (χ0v) is 9.92. The normalized spacial score (nSPS) is 11.2. The van der Waals surface area contributed by atoms with Crippen LogP contribution in [0, 0.1) is 10.8 Å². The van der Waals surface area contributed by atoms with Gasteiger partial charge in [0.05, 0.1) is 6.61 Å². The van der Waals surface area contributed by atoms with Gasteiger partial charge in [0.25, 0.3) is 0 Å². The predicted octanol–water partition coefficient (Wildman–Crippen LogP) is 3.50. The van der Waals surface area contributed by atoms with Gasteiger partial charge in [-0.05, 0) is 42.2 Å². The Morgan fingerprint density at radius 2 is 1.73 bits per heavy atom.